The summed E-state index contributed by atoms with van der Waals surface area (Å²) in [6.07, 6.45) is 14.3. The number of rotatable bonds is 14. The lowest BCUT2D eigenvalue weighted by Crippen LogP contribution is -2.64. The van der Waals surface area contributed by atoms with Crippen molar-refractivity contribution >= 4 is 46.7 Å². The molecule has 6 unspecified atom stereocenters. The van der Waals surface area contributed by atoms with E-state index < -0.39 is 47.2 Å². The van der Waals surface area contributed by atoms with Crippen LogP contribution in [0.2, 0.25) is 0 Å². The van der Waals surface area contributed by atoms with Gasteiger partial charge in [-0.15, -0.1) is 11.3 Å². The van der Waals surface area contributed by atoms with Crippen molar-refractivity contribution in [1.29, 1.82) is 0 Å². The summed E-state index contributed by atoms with van der Waals surface area (Å²) in [5.74, 6) is -2.31. The summed E-state index contributed by atoms with van der Waals surface area (Å²) < 4.78 is 0. The molecule has 11 nitrogen and oxygen atoms in total. The summed E-state index contributed by atoms with van der Waals surface area (Å²) in [6, 6.07) is 0.170. The Morgan fingerprint density at radius 1 is 0.849 bits per heavy atom. The van der Waals surface area contributed by atoms with Crippen molar-refractivity contribution in [2.45, 2.75) is 154 Å². The fourth-order valence-electron chi connectivity index (χ4n) is 10.1. The lowest BCUT2D eigenvalue weighted by atomic mass is 9.69. The van der Waals surface area contributed by atoms with E-state index >= 15 is 4.79 Å². The maximum Gasteiger partial charge on any atom is 0.289 e. The SMILES string of the molecule is CC1(C(NC(=O)C(NC(=O)c2cccs2)C2CCCCC2)C(=O)N2CC3C(C2C(=O)NC(CC2CCC2)C(=O)C(=O)NC2CC2)C3(C)C)CCCCC1. The Balaban J connectivity index is 1.14. The van der Waals surface area contributed by atoms with Crippen molar-refractivity contribution in [2.75, 3.05) is 6.54 Å². The minimum absolute atomic E-state index is 0.0255. The van der Waals surface area contributed by atoms with Crippen LogP contribution in [0.1, 0.15) is 133 Å². The van der Waals surface area contributed by atoms with Gasteiger partial charge in [0.1, 0.15) is 18.1 Å². The topological polar surface area (TPSA) is 154 Å². The Labute approximate surface area is 317 Å². The fraction of sp³-hybridized carbons (Fsp3) is 0.756. The molecule has 0 radical (unpaired) electrons. The van der Waals surface area contributed by atoms with E-state index in [9.17, 15) is 24.0 Å². The molecular formula is C41H59N5O6S. The van der Waals surface area contributed by atoms with Gasteiger partial charge < -0.3 is 26.2 Å². The summed E-state index contributed by atoms with van der Waals surface area (Å²) in [4.78, 5) is 86.1. The van der Waals surface area contributed by atoms with E-state index in [2.05, 4.69) is 42.0 Å². The molecule has 5 aliphatic carbocycles. The second kappa shape index (κ2) is 15.5. The molecule has 0 aromatic carbocycles. The molecule has 5 amide bonds. The lowest BCUT2D eigenvalue weighted by Gasteiger charge is -2.44. The average molecular weight is 750 g/mol. The third-order valence-electron chi connectivity index (χ3n) is 14.0. The van der Waals surface area contributed by atoms with Gasteiger partial charge in [0.25, 0.3) is 11.8 Å². The van der Waals surface area contributed by atoms with Gasteiger partial charge in [0.15, 0.2) is 0 Å². The number of nitrogens with one attached hydrogen (secondary N) is 4. The number of nitrogens with zero attached hydrogens (tertiary/aromatic N) is 1. The van der Waals surface area contributed by atoms with E-state index in [-0.39, 0.29) is 52.8 Å². The molecule has 12 heteroatoms. The van der Waals surface area contributed by atoms with Gasteiger partial charge in [0.05, 0.1) is 10.9 Å². The second-order valence-corrected chi connectivity index (χ2v) is 19.0. The van der Waals surface area contributed by atoms with Crippen molar-refractivity contribution in [3.63, 3.8) is 0 Å². The Bertz CT molecular complexity index is 1560. The Kier molecular flexibility index (Phi) is 11.1. The third-order valence-corrected chi connectivity index (χ3v) is 14.9. The van der Waals surface area contributed by atoms with Gasteiger partial charge in [-0.1, -0.05) is 84.6 Å². The van der Waals surface area contributed by atoms with Crippen LogP contribution in [0.15, 0.2) is 17.5 Å². The van der Waals surface area contributed by atoms with E-state index in [4.69, 9.17) is 0 Å². The number of carbonyl (C=O) groups is 6. The highest BCUT2D eigenvalue weighted by molar-refractivity contribution is 7.12. The Morgan fingerprint density at radius 3 is 2.17 bits per heavy atom. The number of fused-ring (bicyclic) bond motifs is 1. The standard InChI is InChI=1S/C41H59N5O6S/c1-40(2)27-23-46(32(30(27)40)37(50)43-28(22-24-12-10-13-24)33(47)38(51)42-26-17-18-26)39(52)34(41(3)19-8-5-9-20-41)45-36(49)31(25-14-6-4-7-15-25)44-35(48)29-16-11-21-53-29/h11,16,21,24-28,30-32,34H,4-10,12-15,17-20,22-23H2,1-3H3,(H,42,51)(H,43,50)(H,44,48)(H,45,49). The number of amides is 5. The zero-order valence-electron chi connectivity index (χ0n) is 31.8. The van der Waals surface area contributed by atoms with Gasteiger partial charge in [-0.3, -0.25) is 28.8 Å². The minimum Gasteiger partial charge on any atom is -0.347 e. The molecule has 5 saturated carbocycles. The van der Waals surface area contributed by atoms with Gasteiger partial charge in [0.2, 0.25) is 23.5 Å². The van der Waals surface area contributed by atoms with Crippen LogP contribution in [0.5, 0.6) is 0 Å². The summed E-state index contributed by atoms with van der Waals surface area (Å²) in [5.41, 5.74) is -0.700. The first kappa shape index (κ1) is 38.0. The summed E-state index contributed by atoms with van der Waals surface area (Å²) in [6.45, 7) is 6.71. The molecule has 290 valence electrons. The molecule has 1 aromatic rings. The van der Waals surface area contributed by atoms with E-state index in [0.29, 0.717) is 17.8 Å². The first-order valence-corrected chi connectivity index (χ1v) is 21.4. The van der Waals surface area contributed by atoms with E-state index in [1.165, 1.54) is 11.3 Å². The van der Waals surface area contributed by atoms with Crippen LogP contribution in [-0.2, 0) is 24.0 Å². The van der Waals surface area contributed by atoms with Crippen LogP contribution in [0, 0.1) is 34.5 Å². The molecule has 1 aliphatic heterocycles. The van der Waals surface area contributed by atoms with Crippen molar-refractivity contribution in [2.24, 2.45) is 34.5 Å². The number of Topliss-reactive ketones (excluding diaryl/α,β-unsaturated/α-hetero) is 1. The van der Waals surface area contributed by atoms with Gasteiger partial charge in [0, 0.05) is 12.6 Å². The number of thiophene rings is 1. The summed E-state index contributed by atoms with van der Waals surface area (Å²) in [7, 11) is 0. The van der Waals surface area contributed by atoms with Gasteiger partial charge >= 0.3 is 0 Å². The van der Waals surface area contributed by atoms with Crippen LogP contribution >= 0.6 is 11.3 Å². The van der Waals surface area contributed by atoms with E-state index in [0.717, 1.165) is 96.3 Å². The van der Waals surface area contributed by atoms with Crippen molar-refractivity contribution in [3.8, 4) is 0 Å². The highest BCUT2D eigenvalue weighted by Gasteiger charge is 2.70. The first-order valence-electron chi connectivity index (χ1n) is 20.5. The maximum atomic E-state index is 15.1. The molecule has 7 rings (SSSR count). The zero-order chi connectivity index (χ0) is 37.5. The van der Waals surface area contributed by atoms with Gasteiger partial charge in [-0.2, -0.15) is 0 Å². The predicted octanol–water partition coefficient (Wildman–Crippen LogP) is 4.89. The zero-order valence-corrected chi connectivity index (χ0v) is 32.6. The molecule has 1 aromatic heterocycles. The number of hydrogen-bond donors (Lipinski definition) is 4. The van der Waals surface area contributed by atoms with Crippen molar-refractivity contribution in [1.82, 2.24) is 26.2 Å². The molecule has 0 spiro atoms. The van der Waals surface area contributed by atoms with E-state index in [1.807, 2.05) is 11.4 Å². The number of piperidine rings is 1. The molecule has 1 saturated heterocycles. The van der Waals surface area contributed by atoms with Crippen LogP contribution in [0.3, 0.4) is 0 Å². The smallest absolute Gasteiger partial charge is 0.289 e. The summed E-state index contributed by atoms with van der Waals surface area (Å²) >= 11 is 1.33. The largest absolute Gasteiger partial charge is 0.347 e. The second-order valence-electron chi connectivity index (χ2n) is 18.1. The number of ketones is 1. The lowest BCUT2D eigenvalue weighted by molar-refractivity contribution is -0.148. The summed E-state index contributed by atoms with van der Waals surface area (Å²) in [5, 5.41) is 13.9. The van der Waals surface area contributed by atoms with Crippen molar-refractivity contribution in [3.05, 3.63) is 22.4 Å². The van der Waals surface area contributed by atoms with Crippen LogP contribution in [0.4, 0.5) is 0 Å². The normalized spacial score (nSPS) is 28.0. The molecule has 6 fully saturated rings. The first-order chi connectivity index (χ1) is 25.4. The monoisotopic (exact) mass is 749 g/mol. The van der Waals surface area contributed by atoms with Crippen molar-refractivity contribution < 1.29 is 28.8 Å². The molecule has 6 atom stereocenters. The molecule has 6 aliphatic rings. The highest BCUT2D eigenvalue weighted by Crippen LogP contribution is 2.65. The molecular weight excluding hydrogens is 691 g/mol. The highest BCUT2D eigenvalue weighted by atomic mass is 32.1. The number of hydrogen-bond acceptors (Lipinski definition) is 7. The number of carbonyl (C=O) groups excluding carboxylic acids is 6. The Hall–Kier alpha value is -3.28. The Morgan fingerprint density at radius 2 is 1.55 bits per heavy atom. The van der Waals surface area contributed by atoms with Crippen LogP contribution in [0.25, 0.3) is 0 Å². The van der Waals surface area contributed by atoms with Crippen LogP contribution in [-0.4, -0.2) is 77.0 Å². The molecule has 2 heterocycles. The quantitative estimate of drug-likeness (QED) is 0.199. The van der Waals surface area contributed by atoms with Gasteiger partial charge in [-0.25, -0.2) is 0 Å². The molecule has 4 N–H and O–H groups in total. The predicted molar refractivity (Wildman–Crippen MR) is 202 cm³/mol. The molecule has 0 bridgehead atoms. The van der Waals surface area contributed by atoms with Gasteiger partial charge in [-0.05, 0) is 90.9 Å². The van der Waals surface area contributed by atoms with E-state index in [1.54, 1.807) is 11.0 Å². The average Bonchev–Trinajstić information content (AvgIpc) is 3.82. The minimum atomic E-state index is -0.945. The fourth-order valence-corrected chi connectivity index (χ4v) is 10.7. The van der Waals surface area contributed by atoms with Crippen LogP contribution < -0.4 is 21.3 Å². The maximum absolute atomic E-state index is 15.1. The number of likely N-dealkylation sites (tertiary alicyclic amines) is 1. The third kappa shape index (κ3) is 8.08. The molecule has 53 heavy (non-hydrogen) atoms.